The first-order valence-corrected chi connectivity index (χ1v) is 18.5. The van der Waals surface area contributed by atoms with Crippen molar-refractivity contribution in [2.24, 2.45) is 0 Å². The number of nitrogen functional groups attached to an aromatic ring is 2. The van der Waals surface area contributed by atoms with Gasteiger partial charge in [0.25, 0.3) is 5.91 Å². The number of nitrogens with two attached hydrogens (primary N) is 2. The molecule has 1 aromatic heterocycles. The number of halogens is 1. The van der Waals surface area contributed by atoms with E-state index in [1.165, 1.54) is 4.90 Å². The number of nitrogens with zero attached hydrogens (tertiary/aromatic N) is 3. The molecule has 0 spiro atoms. The van der Waals surface area contributed by atoms with Gasteiger partial charge in [0, 0.05) is 26.1 Å². The molecule has 0 aliphatic carbocycles. The van der Waals surface area contributed by atoms with E-state index >= 15 is 0 Å². The summed E-state index contributed by atoms with van der Waals surface area (Å²) in [5.41, 5.74) is 12.9. The summed E-state index contributed by atoms with van der Waals surface area (Å²) in [4.78, 5) is 32.6. The fraction of sp³-hybridized carbons (Fsp3) is 0.618. The predicted molar refractivity (Wildman–Crippen MR) is 206 cm³/mol. The first-order chi connectivity index (χ1) is 27.0. The van der Waals surface area contributed by atoms with Gasteiger partial charge in [-0.1, -0.05) is 35.9 Å². The Morgan fingerprint density at radius 2 is 1.33 bits per heavy atom. The Hall–Kier alpha value is -3.88. The number of benzene rings is 1. The molecule has 0 fully saturated rings. The van der Waals surface area contributed by atoms with Crippen molar-refractivity contribution in [1.29, 1.82) is 5.41 Å². The third-order valence-electron chi connectivity index (χ3n) is 8.87. The fourth-order valence-electron chi connectivity index (χ4n) is 5.55. The van der Waals surface area contributed by atoms with Crippen molar-refractivity contribution in [3.63, 3.8) is 0 Å². The van der Waals surface area contributed by atoms with E-state index in [-0.39, 0.29) is 35.0 Å². The molecule has 0 radical (unpaired) electrons. The number of amides is 2. The highest BCUT2D eigenvalue weighted by Gasteiger charge is 2.34. The zero-order valence-electron chi connectivity index (χ0n) is 31.2. The van der Waals surface area contributed by atoms with Gasteiger partial charge in [-0.15, -0.1) is 0 Å². The minimum Gasteiger partial charge on any atom is -0.394 e. The van der Waals surface area contributed by atoms with Gasteiger partial charge in [0.1, 0.15) is 36.6 Å². The van der Waals surface area contributed by atoms with E-state index in [0.717, 1.165) is 24.0 Å². The summed E-state index contributed by atoms with van der Waals surface area (Å²) in [6.07, 6.45) is -11.5. The van der Waals surface area contributed by atoms with Crippen LogP contribution in [0.2, 0.25) is 5.15 Å². The number of hydrogen-bond acceptors (Lipinski definition) is 19. The van der Waals surface area contributed by atoms with Crippen molar-refractivity contribution in [3.05, 3.63) is 46.2 Å². The molecule has 0 aliphatic heterocycles. The lowest BCUT2D eigenvalue weighted by atomic mass is 10.0. The van der Waals surface area contributed by atoms with Crippen LogP contribution in [-0.4, -0.2) is 185 Å². The molecule has 23 heteroatoms. The molecule has 2 aromatic rings. The van der Waals surface area contributed by atoms with Gasteiger partial charge in [0.2, 0.25) is 6.41 Å². The summed E-state index contributed by atoms with van der Waals surface area (Å²) in [5.74, 6) is -1.35. The molecule has 1 heterocycles. The molecule has 0 saturated heterocycles. The van der Waals surface area contributed by atoms with Crippen molar-refractivity contribution in [2.75, 3.05) is 57.4 Å². The minimum atomic E-state index is -1.90. The maximum atomic E-state index is 12.4. The second-order valence-electron chi connectivity index (χ2n) is 13.4. The van der Waals surface area contributed by atoms with Gasteiger partial charge in [-0.05, 0) is 49.9 Å². The predicted octanol–water partition coefficient (Wildman–Crippen LogP) is -5.66. The van der Waals surface area contributed by atoms with Crippen LogP contribution in [0.25, 0.3) is 0 Å². The number of aliphatic hydroxyl groups excluding tert-OH is 10. The van der Waals surface area contributed by atoms with Gasteiger partial charge < -0.3 is 73.2 Å². The Morgan fingerprint density at radius 3 is 1.88 bits per heavy atom. The average Bonchev–Trinajstić information content (AvgIpc) is 3.19. The third kappa shape index (κ3) is 16.9. The van der Waals surface area contributed by atoms with Crippen LogP contribution in [-0.2, 0) is 17.6 Å². The van der Waals surface area contributed by atoms with Crippen LogP contribution < -0.4 is 32.7 Å². The number of guanidine groups is 1. The van der Waals surface area contributed by atoms with Crippen LogP contribution in [0.3, 0.4) is 0 Å². The summed E-state index contributed by atoms with van der Waals surface area (Å²) >= 11 is 5.80. The Bertz CT molecular complexity index is 1490. The van der Waals surface area contributed by atoms with E-state index in [1.807, 2.05) is 24.3 Å². The Labute approximate surface area is 334 Å². The van der Waals surface area contributed by atoms with E-state index in [9.17, 15) is 50.4 Å². The number of nitrogens with one attached hydrogen (secondary N) is 5. The summed E-state index contributed by atoms with van der Waals surface area (Å²) in [5, 5.41) is 118. The Morgan fingerprint density at radius 1 is 0.789 bits per heavy atom. The smallest absolute Gasteiger partial charge is 0.280 e. The molecular formula is C34H57ClN10O12. The number of unbranched alkanes of at least 4 members (excludes halogenated alkanes) is 1. The minimum absolute atomic E-state index is 0.106. The molecule has 57 heavy (non-hydrogen) atoms. The van der Waals surface area contributed by atoms with Gasteiger partial charge in [-0.2, -0.15) is 0 Å². The lowest BCUT2D eigenvalue weighted by molar-refractivity contribution is -0.130. The van der Waals surface area contributed by atoms with Gasteiger partial charge in [-0.25, -0.2) is 9.97 Å². The summed E-state index contributed by atoms with van der Waals surface area (Å²) < 4.78 is 0. The molecule has 2 amide bonds. The molecule has 0 unspecified atom stereocenters. The molecule has 0 bridgehead atoms. The molecule has 322 valence electrons. The largest absolute Gasteiger partial charge is 0.394 e. The van der Waals surface area contributed by atoms with E-state index in [4.69, 9.17) is 38.7 Å². The number of hydrogen-bond donors (Lipinski definition) is 17. The van der Waals surface area contributed by atoms with Crippen LogP contribution in [0.15, 0.2) is 24.3 Å². The SMILES string of the molecule is N=C(NCCCCc1ccc(C[C@@H](NC=O)NCCCN(C[C@H](O)[C@@H](O)[C@H](O)[C@H](O)CO)C[C@H](O)[C@@H](O)[C@H](O)[C@H](O)CO)cc1)NC(=O)c1nc(Cl)c(N)nc1N. The Kier molecular flexibility index (Phi) is 22.0. The van der Waals surface area contributed by atoms with Crippen molar-refractivity contribution in [1.82, 2.24) is 36.1 Å². The van der Waals surface area contributed by atoms with Crippen LogP contribution in [0.1, 0.15) is 40.9 Å². The second-order valence-corrected chi connectivity index (χ2v) is 13.7. The van der Waals surface area contributed by atoms with Gasteiger partial charge in [0.05, 0.1) is 31.6 Å². The molecule has 19 N–H and O–H groups in total. The van der Waals surface area contributed by atoms with E-state index in [1.54, 1.807) is 0 Å². The van der Waals surface area contributed by atoms with Gasteiger partial charge in [-0.3, -0.25) is 30.5 Å². The first kappa shape index (κ1) is 49.3. The Balaban J connectivity index is 1.86. The maximum absolute atomic E-state index is 12.4. The maximum Gasteiger partial charge on any atom is 0.280 e. The van der Waals surface area contributed by atoms with Gasteiger partial charge in [0.15, 0.2) is 28.4 Å². The van der Waals surface area contributed by atoms with Crippen LogP contribution >= 0.6 is 11.6 Å². The number of aliphatic hydroxyl groups is 10. The molecule has 2 rings (SSSR count). The van der Waals surface area contributed by atoms with E-state index < -0.39 is 87.2 Å². The highest BCUT2D eigenvalue weighted by Crippen LogP contribution is 2.17. The first-order valence-electron chi connectivity index (χ1n) is 18.1. The van der Waals surface area contributed by atoms with E-state index in [2.05, 4.69) is 31.2 Å². The molecule has 0 aliphatic rings. The quantitative estimate of drug-likeness (QED) is 0.0131. The number of rotatable bonds is 27. The highest BCUT2D eigenvalue weighted by molar-refractivity contribution is 6.31. The number of carbonyl (C=O) groups excluding carboxylic acids is 2. The van der Waals surface area contributed by atoms with Crippen molar-refractivity contribution in [2.45, 2.75) is 87.1 Å². The van der Waals surface area contributed by atoms with Crippen LogP contribution in [0.5, 0.6) is 0 Å². The molecule has 1 aromatic carbocycles. The number of aryl methyl sites for hydroxylation is 1. The second kappa shape index (κ2) is 25.5. The monoisotopic (exact) mass is 832 g/mol. The number of aromatic nitrogens is 2. The van der Waals surface area contributed by atoms with Crippen molar-refractivity contribution in [3.8, 4) is 0 Å². The lowest BCUT2D eigenvalue weighted by Crippen LogP contribution is -2.53. The molecule has 22 nitrogen and oxygen atoms in total. The lowest BCUT2D eigenvalue weighted by Gasteiger charge is -2.33. The standard InChI is InChI=1S/C34H57ClN10O12/c35-30-32(37)43-31(36)25(42-30)33(57)44-34(38)40-9-2-1-4-18-5-7-19(8-6-18)12-24(41-17-48)39-10-3-11-45(13-20(49)26(53)28(55)22(51)15-46)14-21(50)27(54)29(56)23(52)16-47/h5-8,17,20-24,26-29,39,46-47,49-56H,1-4,9-16H2,(H,41,48)(H4,36,37,43)(H3,38,40,44,57)/t20-,21-,22+,23+,24+,26+,27+,28+,29+/m0/s1. The molecule has 0 saturated carbocycles. The summed E-state index contributed by atoms with van der Waals surface area (Å²) in [6.45, 7) is -1.75. The number of anilines is 2. The van der Waals surface area contributed by atoms with E-state index in [0.29, 0.717) is 38.8 Å². The fourth-order valence-corrected chi connectivity index (χ4v) is 5.68. The van der Waals surface area contributed by atoms with Crippen LogP contribution in [0.4, 0.5) is 11.6 Å². The van der Waals surface area contributed by atoms with Crippen molar-refractivity contribution < 1.29 is 60.7 Å². The summed E-state index contributed by atoms with van der Waals surface area (Å²) in [7, 11) is 0. The topological polar surface area (TPSA) is 389 Å². The zero-order valence-corrected chi connectivity index (χ0v) is 32.0. The summed E-state index contributed by atoms with van der Waals surface area (Å²) in [6, 6.07) is 7.75. The van der Waals surface area contributed by atoms with Crippen molar-refractivity contribution >= 4 is 41.5 Å². The molecule has 9 atom stereocenters. The van der Waals surface area contributed by atoms with Gasteiger partial charge >= 0.3 is 0 Å². The zero-order chi connectivity index (χ0) is 42.7. The number of carbonyl (C=O) groups is 2. The third-order valence-corrected chi connectivity index (χ3v) is 9.15. The normalized spacial score (nSPS) is 16.4. The average molecular weight is 833 g/mol. The van der Waals surface area contributed by atoms with Crippen LogP contribution in [0, 0.1) is 5.41 Å². The molecular weight excluding hydrogens is 776 g/mol. The highest BCUT2D eigenvalue weighted by atomic mass is 35.5.